The molecule has 0 spiro atoms. The van der Waals surface area contributed by atoms with Crippen LogP contribution in [0.15, 0.2) is 84.0 Å². The highest BCUT2D eigenvalue weighted by molar-refractivity contribution is 5.87. The Morgan fingerprint density at radius 2 is 1.69 bits per heavy atom. The quantitative estimate of drug-likeness (QED) is 0.0372. The van der Waals surface area contributed by atoms with E-state index >= 15 is 0 Å². The number of nitrogens with zero attached hydrogens (tertiary/aromatic N) is 5. The van der Waals surface area contributed by atoms with E-state index in [0.29, 0.717) is 31.8 Å². The number of nitrogens with one attached hydrogen (secondary N) is 3. The van der Waals surface area contributed by atoms with E-state index in [2.05, 4.69) is 49.1 Å². The molecule has 0 radical (unpaired) electrons. The fourth-order valence-corrected chi connectivity index (χ4v) is 8.49. The van der Waals surface area contributed by atoms with Crippen molar-refractivity contribution in [1.82, 2.24) is 35.1 Å². The molecular formula is C47H54N8O6. The van der Waals surface area contributed by atoms with E-state index in [1.54, 1.807) is 0 Å². The third-order valence-electron chi connectivity index (χ3n) is 11.6. The Morgan fingerprint density at radius 1 is 0.934 bits per heavy atom. The van der Waals surface area contributed by atoms with E-state index in [-0.39, 0.29) is 29.7 Å². The van der Waals surface area contributed by atoms with Crippen LogP contribution in [0.2, 0.25) is 0 Å². The van der Waals surface area contributed by atoms with Crippen LogP contribution in [0, 0.1) is 23.7 Å². The van der Waals surface area contributed by atoms with Crippen LogP contribution in [0.1, 0.15) is 87.8 Å². The van der Waals surface area contributed by atoms with Crippen LogP contribution in [-0.2, 0) is 36.1 Å². The number of imidazole rings is 2. The molecule has 2 aliphatic heterocycles. The Labute approximate surface area is 356 Å². The van der Waals surface area contributed by atoms with Gasteiger partial charge in [-0.3, -0.25) is 9.59 Å². The zero-order valence-corrected chi connectivity index (χ0v) is 35.6. The van der Waals surface area contributed by atoms with Crippen LogP contribution in [0.3, 0.4) is 0 Å². The summed E-state index contributed by atoms with van der Waals surface area (Å²) in [5.74, 6) is 7.65. The number of alkyl carbamates (subject to hydrolysis) is 1. The SMILES string of the molecule is COOC=N[C@H](C(=O)N1CCC[C@H]1c1ncc(-c2ccc(C#Cc3ccc4nc([C@]5(Cc6ccccc6)CCCN5C(=O)[C@@H](NC(=O)OC)C(C)C)[nH]c4c3)cc2)[nH]1)C(C)C. The smallest absolute Gasteiger partial charge is 0.407 e. The number of benzene rings is 3. The van der Waals surface area contributed by atoms with E-state index in [9.17, 15) is 14.4 Å². The minimum absolute atomic E-state index is 0.0207. The lowest BCUT2D eigenvalue weighted by Gasteiger charge is -2.40. The lowest BCUT2D eigenvalue weighted by Crippen LogP contribution is -2.56. The van der Waals surface area contributed by atoms with Gasteiger partial charge in [0.25, 0.3) is 0 Å². The zero-order valence-electron chi connectivity index (χ0n) is 35.6. The molecule has 14 heteroatoms. The van der Waals surface area contributed by atoms with Gasteiger partial charge in [-0.15, -0.1) is 0 Å². The van der Waals surface area contributed by atoms with Crippen LogP contribution in [0.25, 0.3) is 22.3 Å². The topological polar surface area (TPSA) is 167 Å². The number of carbonyl (C=O) groups is 3. The number of ether oxygens (including phenoxy) is 1. The molecule has 4 atom stereocenters. The molecule has 3 aromatic carbocycles. The molecule has 318 valence electrons. The first kappa shape index (κ1) is 42.7. The van der Waals surface area contributed by atoms with Gasteiger partial charge in [-0.1, -0.05) is 82.0 Å². The molecule has 2 aliphatic rings. The number of likely N-dealkylation sites (tertiary alicyclic amines) is 2. The fourth-order valence-electron chi connectivity index (χ4n) is 8.49. The predicted molar refractivity (Wildman–Crippen MR) is 232 cm³/mol. The number of carbonyl (C=O) groups excluding carboxylic acids is 3. The van der Waals surface area contributed by atoms with Gasteiger partial charge in [-0.05, 0) is 79.0 Å². The molecule has 0 unspecified atom stereocenters. The van der Waals surface area contributed by atoms with Crippen molar-refractivity contribution < 1.29 is 28.9 Å². The monoisotopic (exact) mass is 826 g/mol. The number of aromatic nitrogens is 4. The van der Waals surface area contributed by atoms with Crippen molar-refractivity contribution >= 4 is 35.3 Å². The Morgan fingerprint density at radius 3 is 2.41 bits per heavy atom. The summed E-state index contributed by atoms with van der Waals surface area (Å²) in [4.78, 5) is 74.5. The summed E-state index contributed by atoms with van der Waals surface area (Å²) in [6, 6.07) is 22.5. The predicted octanol–water partition coefficient (Wildman–Crippen LogP) is 7.09. The normalized spacial score (nSPS) is 18.7. The van der Waals surface area contributed by atoms with Gasteiger partial charge in [-0.25, -0.2) is 19.8 Å². The van der Waals surface area contributed by atoms with Crippen molar-refractivity contribution in [3.63, 3.8) is 0 Å². The molecule has 5 aromatic rings. The number of amides is 3. The van der Waals surface area contributed by atoms with Crippen LogP contribution in [0.4, 0.5) is 4.79 Å². The minimum atomic E-state index is -0.759. The molecule has 2 saturated heterocycles. The Hall–Kier alpha value is -6.46. The lowest BCUT2D eigenvalue weighted by atomic mass is 9.86. The van der Waals surface area contributed by atoms with Crippen molar-refractivity contribution in [2.45, 2.75) is 83.5 Å². The van der Waals surface area contributed by atoms with Crippen molar-refractivity contribution in [3.05, 3.63) is 107 Å². The summed E-state index contributed by atoms with van der Waals surface area (Å²) >= 11 is 0. The maximum absolute atomic E-state index is 14.3. The highest BCUT2D eigenvalue weighted by Crippen LogP contribution is 2.42. The maximum atomic E-state index is 14.3. The molecule has 3 amide bonds. The Kier molecular flexibility index (Phi) is 13.2. The first-order valence-electron chi connectivity index (χ1n) is 20.9. The number of rotatable bonds is 13. The highest BCUT2D eigenvalue weighted by atomic mass is 17.2. The molecule has 4 heterocycles. The van der Waals surface area contributed by atoms with Gasteiger partial charge in [0.15, 0.2) is 0 Å². The van der Waals surface area contributed by atoms with Gasteiger partial charge in [0, 0.05) is 30.6 Å². The third kappa shape index (κ3) is 9.32. The molecular weight excluding hydrogens is 773 g/mol. The van der Waals surface area contributed by atoms with E-state index in [4.69, 9.17) is 19.6 Å². The Bertz CT molecular complexity index is 2410. The van der Waals surface area contributed by atoms with Gasteiger partial charge in [0.2, 0.25) is 18.2 Å². The van der Waals surface area contributed by atoms with Gasteiger partial charge >= 0.3 is 6.09 Å². The lowest BCUT2D eigenvalue weighted by molar-refractivity contribution is -0.188. The Balaban J connectivity index is 1.09. The first-order valence-corrected chi connectivity index (χ1v) is 20.9. The number of aliphatic imine (C=N–C) groups is 1. The molecule has 14 nitrogen and oxygen atoms in total. The molecule has 0 aliphatic carbocycles. The summed E-state index contributed by atoms with van der Waals surface area (Å²) in [5, 5.41) is 2.77. The summed E-state index contributed by atoms with van der Waals surface area (Å²) in [5.41, 5.74) is 5.40. The number of hydrogen-bond donors (Lipinski definition) is 3. The molecule has 2 fully saturated rings. The average molecular weight is 827 g/mol. The van der Waals surface area contributed by atoms with Crippen LogP contribution < -0.4 is 5.32 Å². The van der Waals surface area contributed by atoms with Crippen molar-refractivity contribution in [1.29, 1.82) is 0 Å². The summed E-state index contributed by atoms with van der Waals surface area (Å²) in [6.07, 6.45) is 6.09. The second-order valence-electron chi connectivity index (χ2n) is 16.4. The van der Waals surface area contributed by atoms with E-state index < -0.39 is 23.7 Å². The molecule has 3 N–H and O–H groups in total. The molecule has 0 bridgehead atoms. The molecule has 61 heavy (non-hydrogen) atoms. The molecule has 7 rings (SSSR count). The molecule has 2 aromatic heterocycles. The van der Waals surface area contributed by atoms with E-state index in [1.807, 2.05) is 104 Å². The largest absolute Gasteiger partial charge is 0.453 e. The summed E-state index contributed by atoms with van der Waals surface area (Å²) in [7, 11) is 2.69. The van der Waals surface area contributed by atoms with Crippen molar-refractivity contribution in [3.8, 4) is 23.1 Å². The zero-order chi connectivity index (χ0) is 43.1. The van der Waals surface area contributed by atoms with Gasteiger partial charge in [-0.2, -0.15) is 4.89 Å². The number of fused-ring (bicyclic) bond motifs is 1. The number of hydrogen-bond acceptors (Lipinski definition) is 9. The van der Waals surface area contributed by atoms with Crippen molar-refractivity contribution in [2.24, 2.45) is 16.8 Å². The molecule has 0 saturated carbocycles. The van der Waals surface area contributed by atoms with Crippen LogP contribution in [-0.4, -0.2) is 93.4 Å². The summed E-state index contributed by atoms with van der Waals surface area (Å²) in [6.45, 7) is 8.92. The fraction of sp³-hybridized carbons (Fsp3) is 0.404. The van der Waals surface area contributed by atoms with E-state index in [1.165, 1.54) is 20.6 Å². The second-order valence-corrected chi connectivity index (χ2v) is 16.4. The van der Waals surface area contributed by atoms with Crippen LogP contribution in [0.5, 0.6) is 0 Å². The standard InChI is InChI=1S/C47H54N8O6/c1-30(2)40(49-29-61-60-6)43(56)54-24-10-14-39(54)42-48-28-38(50-42)35-20-17-32(18-21-35)15-16-33-19-22-36-37(26-33)52-45(51-36)47(27-34-12-8-7-9-13-34)23-11-25-55(47)44(57)41(31(3)4)53-46(58)59-5/h7-9,12-13,17-22,26,28-31,39-41H,10-11,14,23-25,27H2,1-6H3,(H,48,50)(H,51,52)(H,53,58)/t39-,40-,41-,47+/m0/s1. The number of aromatic amines is 2. The van der Waals surface area contributed by atoms with Gasteiger partial charge in [0.05, 0.1) is 43.2 Å². The highest BCUT2D eigenvalue weighted by Gasteiger charge is 2.49. The number of H-pyrrole nitrogens is 2. The third-order valence-corrected chi connectivity index (χ3v) is 11.6. The maximum Gasteiger partial charge on any atom is 0.407 e. The number of methoxy groups -OCH3 is 1. The minimum Gasteiger partial charge on any atom is -0.453 e. The van der Waals surface area contributed by atoms with Crippen LogP contribution >= 0.6 is 0 Å². The van der Waals surface area contributed by atoms with E-state index in [0.717, 1.165) is 64.1 Å². The average Bonchev–Trinajstić information content (AvgIpc) is 4.10. The van der Waals surface area contributed by atoms with Gasteiger partial charge in [0.1, 0.15) is 29.3 Å². The second kappa shape index (κ2) is 18.9. The first-order chi connectivity index (χ1) is 29.5. The van der Waals surface area contributed by atoms with Gasteiger partial charge < -0.3 is 34.7 Å². The van der Waals surface area contributed by atoms with Crippen molar-refractivity contribution in [2.75, 3.05) is 27.3 Å². The summed E-state index contributed by atoms with van der Waals surface area (Å²) < 4.78 is 4.87.